The second kappa shape index (κ2) is 6.56. The van der Waals surface area contributed by atoms with Gasteiger partial charge < -0.3 is 4.57 Å². The van der Waals surface area contributed by atoms with Gasteiger partial charge in [-0.3, -0.25) is 0 Å². The molecule has 0 spiro atoms. The third-order valence-electron chi connectivity index (χ3n) is 3.66. The Morgan fingerprint density at radius 2 is 1.14 bits per heavy atom. The summed E-state index contributed by atoms with van der Waals surface area (Å²) in [6, 6.07) is 27.6. The summed E-state index contributed by atoms with van der Waals surface area (Å²) in [7, 11) is -2.85. The van der Waals surface area contributed by atoms with E-state index < -0.39 is 7.14 Å². The lowest BCUT2D eigenvalue weighted by Gasteiger charge is -2.22. The van der Waals surface area contributed by atoms with Crippen LogP contribution < -0.4 is 15.9 Å². The molecule has 3 aromatic carbocycles. The van der Waals surface area contributed by atoms with Crippen molar-refractivity contribution < 1.29 is 4.57 Å². The van der Waals surface area contributed by atoms with E-state index in [-0.39, 0.29) is 0 Å². The molecule has 110 valence electrons. The minimum Gasteiger partial charge on any atom is -0.309 e. The Balaban J connectivity index is 2.32. The van der Waals surface area contributed by atoms with Crippen LogP contribution in [0.25, 0.3) is 0 Å². The van der Waals surface area contributed by atoms with E-state index in [0.717, 1.165) is 20.8 Å². The average Bonchev–Trinajstić information content (AvgIpc) is 2.62. The van der Waals surface area contributed by atoms with Crippen molar-refractivity contribution >= 4 is 34.8 Å². The Bertz CT molecular complexity index is 756. The maximum Gasteiger partial charge on any atom is 0.172 e. The molecule has 0 aliphatic heterocycles. The molecule has 0 bridgehead atoms. The predicted octanol–water partition coefficient (Wildman–Crippen LogP) is 4.05. The highest BCUT2D eigenvalue weighted by Gasteiger charge is 2.31. The summed E-state index contributed by atoms with van der Waals surface area (Å²) in [4.78, 5) is 1.07. The fourth-order valence-corrected chi connectivity index (χ4v) is 6.46. The molecule has 0 N–H and O–H groups in total. The minimum atomic E-state index is -2.85. The molecule has 0 radical (unpaired) electrons. The minimum absolute atomic E-state index is 0.878. The average molecular weight is 324 g/mol. The molecule has 1 nitrogen and oxygen atoms in total. The van der Waals surface area contributed by atoms with Crippen LogP contribution in [0, 0.1) is 0 Å². The molecule has 0 heterocycles. The van der Waals surface area contributed by atoms with Crippen LogP contribution in [0.3, 0.4) is 0 Å². The van der Waals surface area contributed by atoms with Crippen LogP contribution in [-0.4, -0.2) is 6.26 Å². The van der Waals surface area contributed by atoms with E-state index in [0.29, 0.717) is 0 Å². The van der Waals surface area contributed by atoms with Gasteiger partial charge in [-0.2, -0.15) is 0 Å². The smallest absolute Gasteiger partial charge is 0.172 e. The summed E-state index contributed by atoms with van der Waals surface area (Å²) < 4.78 is 14.2. The van der Waals surface area contributed by atoms with Gasteiger partial charge in [0.05, 0.1) is 0 Å². The molecular weight excluding hydrogens is 307 g/mol. The zero-order valence-corrected chi connectivity index (χ0v) is 14.1. The van der Waals surface area contributed by atoms with Crippen molar-refractivity contribution in [3.63, 3.8) is 0 Å². The lowest BCUT2D eigenvalue weighted by Crippen LogP contribution is -2.26. The fourth-order valence-electron chi connectivity index (χ4n) is 2.59. The maximum absolute atomic E-state index is 14.2. The maximum atomic E-state index is 14.2. The van der Waals surface area contributed by atoms with Gasteiger partial charge in [-0.25, -0.2) is 0 Å². The Kier molecular flexibility index (Phi) is 4.52. The summed E-state index contributed by atoms with van der Waals surface area (Å²) in [5.41, 5.74) is 0. The monoisotopic (exact) mass is 324 g/mol. The highest BCUT2D eigenvalue weighted by Crippen LogP contribution is 2.44. The molecular formula is C19H17OPS. The summed E-state index contributed by atoms with van der Waals surface area (Å²) in [6.07, 6.45) is 2.03. The number of rotatable bonds is 4. The highest BCUT2D eigenvalue weighted by atomic mass is 32.2. The first-order valence-corrected chi connectivity index (χ1v) is 10.0. The molecule has 0 aromatic heterocycles. The molecule has 0 saturated heterocycles. The van der Waals surface area contributed by atoms with Gasteiger partial charge >= 0.3 is 0 Å². The van der Waals surface area contributed by atoms with Crippen LogP contribution in [0.5, 0.6) is 0 Å². The van der Waals surface area contributed by atoms with E-state index >= 15 is 0 Å². The molecule has 3 rings (SSSR count). The van der Waals surface area contributed by atoms with Crippen LogP contribution in [-0.2, 0) is 4.57 Å². The Hall–Kier alpha value is -1.76. The molecule has 0 saturated carbocycles. The summed E-state index contributed by atoms with van der Waals surface area (Å²) >= 11 is 1.64. The first kappa shape index (κ1) is 15.1. The quantitative estimate of drug-likeness (QED) is 0.532. The summed E-state index contributed by atoms with van der Waals surface area (Å²) in [5.74, 6) is 0. The Morgan fingerprint density at radius 3 is 1.64 bits per heavy atom. The van der Waals surface area contributed by atoms with Crippen molar-refractivity contribution in [2.24, 2.45) is 0 Å². The normalized spacial score (nSPS) is 11.3. The third kappa shape index (κ3) is 2.65. The third-order valence-corrected chi connectivity index (χ3v) is 7.73. The van der Waals surface area contributed by atoms with Gasteiger partial charge in [0, 0.05) is 20.8 Å². The van der Waals surface area contributed by atoms with Gasteiger partial charge in [0.25, 0.3) is 0 Å². The van der Waals surface area contributed by atoms with E-state index in [1.807, 2.05) is 91.2 Å². The predicted molar refractivity (Wildman–Crippen MR) is 97.6 cm³/mol. The molecule has 3 heteroatoms. The first-order chi connectivity index (χ1) is 10.8. The van der Waals surface area contributed by atoms with Gasteiger partial charge in [0.2, 0.25) is 0 Å². The van der Waals surface area contributed by atoms with Crippen molar-refractivity contribution in [3.05, 3.63) is 84.9 Å². The van der Waals surface area contributed by atoms with Crippen molar-refractivity contribution in [2.45, 2.75) is 4.90 Å². The summed E-state index contributed by atoms with van der Waals surface area (Å²) in [5, 5.41) is 2.67. The molecule has 0 fully saturated rings. The summed E-state index contributed by atoms with van der Waals surface area (Å²) in [6.45, 7) is 0. The van der Waals surface area contributed by atoms with Crippen molar-refractivity contribution in [1.82, 2.24) is 0 Å². The van der Waals surface area contributed by atoms with E-state index in [9.17, 15) is 4.57 Å². The van der Waals surface area contributed by atoms with Gasteiger partial charge in [0.15, 0.2) is 7.14 Å². The topological polar surface area (TPSA) is 17.1 Å². The van der Waals surface area contributed by atoms with Crippen molar-refractivity contribution in [3.8, 4) is 0 Å². The van der Waals surface area contributed by atoms with E-state index in [1.165, 1.54) is 0 Å². The standard InChI is InChI=1S/C19H17OPS/c1-22-19-15-9-8-14-18(19)21(20,16-10-4-2-5-11-16)17-12-6-3-7-13-17/h2-15H,1H3. The molecule has 3 aromatic rings. The highest BCUT2D eigenvalue weighted by molar-refractivity contribution is 7.99. The Morgan fingerprint density at radius 1 is 0.682 bits per heavy atom. The Labute approximate surface area is 135 Å². The van der Waals surface area contributed by atoms with Gasteiger partial charge in [-0.05, 0) is 18.4 Å². The second-order valence-corrected chi connectivity index (χ2v) is 8.53. The second-order valence-electron chi connectivity index (χ2n) is 4.95. The first-order valence-electron chi connectivity index (χ1n) is 7.11. The van der Waals surface area contributed by atoms with Crippen LogP contribution in [0.1, 0.15) is 0 Å². The van der Waals surface area contributed by atoms with Gasteiger partial charge in [-0.15, -0.1) is 11.8 Å². The number of hydrogen-bond donors (Lipinski definition) is 0. The van der Waals surface area contributed by atoms with E-state index in [2.05, 4.69) is 0 Å². The van der Waals surface area contributed by atoms with Crippen molar-refractivity contribution in [1.29, 1.82) is 0 Å². The number of hydrogen-bond acceptors (Lipinski definition) is 2. The van der Waals surface area contributed by atoms with Crippen LogP contribution in [0.2, 0.25) is 0 Å². The van der Waals surface area contributed by atoms with E-state index in [4.69, 9.17) is 0 Å². The number of benzene rings is 3. The van der Waals surface area contributed by atoms with Gasteiger partial charge in [-0.1, -0.05) is 72.8 Å². The molecule has 0 atom stereocenters. The van der Waals surface area contributed by atoms with Crippen LogP contribution >= 0.6 is 18.9 Å². The van der Waals surface area contributed by atoms with Gasteiger partial charge in [0.1, 0.15) is 0 Å². The molecule has 22 heavy (non-hydrogen) atoms. The molecule has 0 aliphatic carbocycles. The van der Waals surface area contributed by atoms with Crippen LogP contribution in [0.4, 0.5) is 0 Å². The lowest BCUT2D eigenvalue weighted by atomic mass is 10.3. The van der Waals surface area contributed by atoms with Crippen molar-refractivity contribution in [2.75, 3.05) is 6.26 Å². The number of thioether (sulfide) groups is 1. The zero-order valence-electron chi connectivity index (χ0n) is 12.3. The molecule has 0 aliphatic rings. The molecule has 0 unspecified atom stereocenters. The lowest BCUT2D eigenvalue weighted by molar-refractivity contribution is 0.592. The van der Waals surface area contributed by atoms with E-state index in [1.54, 1.807) is 11.8 Å². The SMILES string of the molecule is CSc1ccccc1P(=O)(c1ccccc1)c1ccccc1. The van der Waals surface area contributed by atoms with Crippen LogP contribution in [0.15, 0.2) is 89.8 Å². The largest absolute Gasteiger partial charge is 0.309 e. The molecule has 0 amide bonds. The zero-order chi connectivity index (χ0) is 15.4. The fraction of sp³-hybridized carbons (Fsp3) is 0.0526.